The van der Waals surface area contributed by atoms with Gasteiger partial charge in [-0.15, -0.1) is 10.2 Å². The second-order valence-electron chi connectivity index (χ2n) is 8.41. The van der Waals surface area contributed by atoms with Gasteiger partial charge in [0.15, 0.2) is 0 Å². The van der Waals surface area contributed by atoms with Crippen LogP contribution in [0.2, 0.25) is 0 Å². The Bertz CT molecular complexity index is 1030. The topological polar surface area (TPSA) is 92.3 Å². The normalized spacial score (nSPS) is 17.6. The van der Waals surface area contributed by atoms with Crippen LogP contribution in [0.15, 0.2) is 23.1 Å². The molecule has 1 fully saturated rings. The van der Waals surface area contributed by atoms with E-state index in [1.807, 2.05) is 12.1 Å². The smallest absolute Gasteiger partial charge is 0.243 e. The molecule has 1 amide bonds. The number of amides is 1. The van der Waals surface area contributed by atoms with Crippen molar-refractivity contribution in [3.05, 3.63) is 34.3 Å². The monoisotopic (exact) mass is 462 g/mol. The quantitative estimate of drug-likeness (QED) is 0.603. The van der Waals surface area contributed by atoms with Crippen molar-refractivity contribution in [2.24, 2.45) is 5.92 Å². The van der Waals surface area contributed by atoms with Crippen LogP contribution in [0.4, 0.5) is 5.13 Å². The number of fused-ring (bicyclic) bond motifs is 1. The Morgan fingerprint density at radius 3 is 2.71 bits per heavy atom. The first-order valence-electron chi connectivity index (χ1n) is 11.2. The molecule has 7 nitrogen and oxygen atoms in total. The maximum Gasteiger partial charge on any atom is 0.243 e. The summed E-state index contributed by atoms with van der Waals surface area (Å²) in [5.74, 6) is -0.301. The Morgan fingerprint density at radius 1 is 1.16 bits per heavy atom. The number of hydrogen-bond acceptors (Lipinski definition) is 6. The van der Waals surface area contributed by atoms with E-state index in [2.05, 4.69) is 22.4 Å². The fourth-order valence-corrected chi connectivity index (χ4v) is 6.66. The number of carbonyl (C=O) groups excluding carboxylic acids is 1. The fraction of sp³-hybridized carbons (Fsp3) is 0.591. The fourth-order valence-electron chi connectivity index (χ4n) is 4.35. The first-order chi connectivity index (χ1) is 15.0. The lowest BCUT2D eigenvalue weighted by Crippen LogP contribution is -2.41. The molecule has 1 aliphatic carbocycles. The summed E-state index contributed by atoms with van der Waals surface area (Å²) in [5, 5.41) is 12.6. The van der Waals surface area contributed by atoms with E-state index in [9.17, 15) is 13.2 Å². The Kier molecular flexibility index (Phi) is 7.03. The van der Waals surface area contributed by atoms with Gasteiger partial charge < -0.3 is 5.32 Å². The van der Waals surface area contributed by atoms with Gasteiger partial charge in [0.25, 0.3) is 0 Å². The first-order valence-corrected chi connectivity index (χ1v) is 13.5. The van der Waals surface area contributed by atoms with Gasteiger partial charge in [-0.05, 0) is 61.8 Å². The molecule has 168 valence electrons. The molecule has 1 aromatic carbocycles. The maximum atomic E-state index is 13.1. The van der Waals surface area contributed by atoms with Crippen LogP contribution < -0.4 is 5.32 Å². The molecular formula is C22H30N4O3S2. The van der Waals surface area contributed by atoms with E-state index < -0.39 is 10.0 Å². The van der Waals surface area contributed by atoms with Crippen LogP contribution in [-0.2, 0) is 34.1 Å². The third kappa shape index (κ3) is 5.15. The Hall–Kier alpha value is -1.84. The van der Waals surface area contributed by atoms with Crippen molar-refractivity contribution in [2.45, 2.75) is 69.6 Å². The maximum absolute atomic E-state index is 13.1. The largest absolute Gasteiger partial charge is 0.300 e. The summed E-state index contributed by atoms with van der Waals surface area (Å²) >= 11 is 1.43. The number of anilines is 1. The van der Waals surface area contributed by atoms with Gasteiger partial charge in [0.05, 0.1) is 4.90 Å². The van der Waals surface area contributed by atoms with E-state index in [0.717, 1.165) is 55.5 Å². The third-order valence-electron chi connectivity index (χ3n) is 6.22. The third-order valence-corrected chi connectivity index (χ3v) is 9.02. The van der Waals surface area contributed by atoms with Gasteiger partial charge in [0, 0.05) is 25.4 Å². The van der Waals surface area contributed by atoms with Gasteiger partial charge >= 0.3 is 0 Å². The van der Waals surface area contributed by atoms with Crippen molar-refractivity contribution >= 4 is 32.4 Å². The molecular weight excluding hydrogens is 432 g/mol. The molecule has 1 N–H and O–H groups in total. The lowest BCUT2D eigenvalue weighted by molar-refractivity contribution is -0.120. The minimum absolute atomic E-state index is 0.0918. The molecule has 0 radical (unpaired) electrons. The zero-order valence-corrected chi connectivity index (χ0v) is 19.6. The predicted molar refractivity (Wildman–Crippen MR) is 122 cm³/mol. The van der Waals surface area contributed by atoms with E-state index in [1.54, 1.807) is 6.07 Å². The molecule has 1 aromatic heterocycles. The summed E-state index contributed by atoms with van der Waals surface area (Å²) < 4.78 is 27.7. The minimum atomic E-state index is -3.52. The molecule has 0 atom stereocenters. The van der Waals surface area contributed by atoms with E-state index in [1.165, 1.54) is 21.2 Å². The minimum Gasteiger partial charge on any atom is -0.300 e. The van der Waals surface area contributed by atoms with E-state index in [4.69, 9.17) is 0 Å². The number of unbranched alkanes of at least 4 members (excludes halogenated alkanes) is 2. The molecule has 1 saturated heterocycles. The number of sulfonamides is 1. The van der Waals surface area contributed by atoms with Crippen molar-refractivity contribution in [3.8, 4) is 0 Å². The highest BCUT2D eigenvalue weighted by atomic mass is 32.2. The molecule has 0 saturated carbocycles. The lowest BCUT2D eigenvalue weighted by atomic mass is 9.97. The molecule has 2 heterocycles. The predicted octanol–water partition coefficient (Wildman–Crippen LogP) is 3.80. The Balaban J connectivity index is 1.31. The summed E-state index contributed by atoms with van der Waals surface area (Å²) in [6, 6.07) is 5.52. The van der Waals surface area contributed by atoms with Crippen molar-refractivity contribution in [1.82, 2.24) is 14.5 Å². The number of nitrogens with one attached hydrogen (secondary N) is 1. The molecule has 4 rings (SSSR count). The van der Waals surface area contributed by atoms with E-state index in [0.29, 0.717) is 36.0 Å². The molecule has 31 heavy (non-hydrogen) atoms. The number of piperidine rings is 1. The Labute approximate surface area is 188 Å². The van der Waals surface area contributed by atoms with Crippen LogP contribution in [0.3, 0.4) is 0 Å². The average Bonchev–Trinajstić information content (AvgIpc) is 3.42. The van der Waals surface area contributed by atoms with Crippen LogP contribution in [0.25, 0.3) is 0 Å². The number of aromatic nitrogens is 2. The highest BCUT2D eigenvalue weighted by molar-refractivity contribution is 7.89. The summed E-state index contributed by atoms with van der Waals surface area (Å²) in [6.45, 7) is 2.87. The number of benzene rings is 1. The van der Waals surface area contributed by atoms with Gasteiger partial charge in [-0.25, -0.2) is 8.42 Å². The number of aryl methyl sites for hydroxylation is 3. The molecule has 2 aromatic rings. The number of carbonyl (C=O) groups is 1. The van der Waals surface area contributed by atoms with Crippen LogP contribution in [0.1, 0.15) is 61.6 Å². The molecule has 9 heteroatoms. The van der Waals surface area contributed by atoms with E-state index >= 15 is 0 Å². The average molecular weight is 463 g/mol. The number of nitrogens with zero attached hydrogens (tertiary/aromatic N) is 3. The van der Waals surface area contributed by atoms with Gasteiger partial charge in [-0.3, -0.25) is 4.79 Å². The zero-order chi connectivity index (χ0) is 21.8. The molecule has 1 aliphatic heterocycles. The van der Waals surface area contributed by atoms with Crippen molar-refractivity contribution in [3.63, 3.8) is 0 Å². The van der Waals surface area contributed by atoms with Crippen LogP contribution in [0.5, 0.6) is 0 Å². The summed E-state index contributed by atoms with van der Waals surface area (Å²) in [4.78, 5) is 13.0. The number of rotatable bonds is 8. The number of hydrogen-bond donors (Lipinski definition) is 1. The van der Waals surface area contributed by atoms with Gasteiger partial charge in [-0.1, -0.05) is 37.2 Å². The Morgan fingerprint density at radius 2 is 1.94 bits per heavy atom. The summed E-state index contributed by atoms with van der Waals surface area (Å²) in [7, 11) is -3.52. The van der Waals surface area contributed by atoms with Crippen molar-refractivity contribution < 1.29 is 13.2 Å². The summed E-state index contributed by atoms with van der Waals surface area (Å²) in [6.07, 6.45) is 8.39. The second-order valence-corrected chi connectivity index (χ2v) is 11.4. The van der Waals surface area contributed by atoms with E-state index in [-0.39, 0.29) is 11.8 Å². The first kappa shape index (κ1) is 22.4. The highest BCUT2D eigenvalue weighted by Crippen LogP contribution is 2.29. The van der Waals surface area contributed by atoms with Crippen LogP contribution in [0, 0.1) is 5.92 Å². The standard InChI is InChI=1S/C22H30N4O3S2/c1-2-3-4-8-20-24-25-22(30-20)23-21(27)17-11-13-26(14-12-17)31(28,29)19-10-9-16-6-5-7-18(16)15-19/h9-10,15,17H,2-8,11-14H2,1H3,(H,23,25,27). The van der Waals surface area contributed by atoms with Gasteiger partial charge in [0.2, 0.25) is 21.1 Å². The molecule has 0 spiro atoms. The van der Waals surface area contributed by atoms with Crippen molar-refractivity contribution in [1.29, 1.82) is 0 Å². The van der Waals surface area contributed by atoms with Crippen LogP contribution in [-0.4, -0.2) is 41.9 Å². The van der Waals surface area contributed by atoms with Gasteiger partial charge in [0.1, 0.15) is 5.01 Å². The zero-order valence-electron chi connectivity index (χ0n) is 18.0. The van der Waals surface area contributed by atoms with Crippen molar-refractivity contribution in [2.75, 3.05) is 18.4 Å². The molecule has 0 unspecified atom stereocenters. The van der Waals surface area contributed by atoms with Crippen LogP contribution >= 0.6 is 11.3 Å². The van der Waals surface area contributed by atoms with Gasteiger partial charge in [-0.2, -0.15) is 4.31 Å². The molecule has 2 aliphatic rings. The lowest BCUT2D eigenvalue weighted by Gasteiger charge is -2.30. The second kappa shape index (κ2) is 9.75. The summed E-state index contributed by atoms with van der Waals surface area (Å²) in [5.41, 5.74) is 2.42. The highest BCUT2D eigenvalue weighted by Gasteiger charge is 2.33. The SMILES string of the molecule is CCCCCc1nnc(NC(=O)C2CCN(S(=O)(=O)c3ccc4c(c3)CCC4)CC2)s1. The molecule has 0 bridgehead atoms.